The van der Waals surface area contributed by atoms with Gasteiger partial charge in [-0.25, -0.2) is 0 Å². The van der Waals surface area contributed by atoms with Crippen molar-refractivity contribution in [2.75, 3.05) is 0 Å². The average molecular weight is 357 g/mol. The van der Waals surface area contributed by atoms with Crippen LogP contribution in [-0.4, -0.2) is 4.57 Å². The maximum Gasteiger partial charge on any atom is 0.187 e. The van der Waals surface area contributed by atoms with E-state index in [0.717, 1.165) is 16.9 Å². The van der Waals surface area contributed by atoms with Crippen molar-refractivity contribution in [2.45, 2.75) is 0 Å². The van der Waals surface area contributed by atoms with Gasteiger partial charge < -0.3 is 12.4 Å². The fourth-order valence-electron chi connectivity index (χ4n) is 2.04. The van der Waals surface area contributed by atoms with E-state index in [1.54, 1.807) is 6.07 Å². The molecule has 3 aromatic rings. The first-order valence-electron chi connectivity index (χ1n) is 5.93. The Kier molecular flexibility index (Phi) is 5.12. The molecule has 0 amide bonds. The Hall–Kier alpha value is -1.26. The van der Waals surface area contributed by atoms with Crippen molar-refractivity contribution in [1.29, 1.82) is 5.41 Å². The Morgan fingerprint density at radius 3 is 2.38 bits per heavy atom. The van der Waals surface area contributed by atoms with Crippen LogP contribution in [0.1, 0.15) is 0 Å². The quantitative estimate of drug-likeness (QED) is 0.728. The maximum atomic E-state index is 8.13. The van der Waals surface area contributed by atoms with Crippen LogP contribution in [0.2, 0.25) is 10.0 Å². The second kappa shape index (κ2) is 6.67. The minimum atomic E-state index is 0. The lowest BCUT2D eigenvalue weighted by molar-refractivity contribution is -0.00000392. The van der Waals surface area contributed by atoms with E-state index in [0.29, 0.717) is 14.8 Å². The van der Waals surface area contributed by atoms with Crippen molar-refractivity contribution >= 4 is 34.5 Å². The Labute approximate surface area is 142 Å². The molecule has 3 rings (SSSR count). The van der Waals surface area contributed by atoms with Gasteiger partial charge in [-0.3, -0.25) is 9.98 Å². The normalized spacial score (nSPS) is 10.2. The number of thiazole rings is 1. The van der Waals surface area contributed by atoms with E-state index in [1.807, 2.05) is 52.4 Å². The molecule has 0 aliphatic carbocycles. The molecule has 1 heterocycles. The van der Waals surface area contributed by atoms with Crippen LogP contribution in [-0.2, 0) is 0 Å². The summed E-state index contributed by atoms with van der Waals surface area (Å²) in [7, 11) is 0. The summed E-state index contributed by atoms with van der Waals surface area (Å²) < 4.78 is 1.81. The first-order valence-corrected chi connectivity index (χ1v) is 7.57. The van der Waals surface area contributed by atoms with Gasteiger partial charge in [0.2, 0.25) is 0 Å². The van der Waals surface area contributed by atoms with Crippen LogP contribution in [0.25, 0.3) is 16.9 Å². The van der Waals surface area contributed by atoms with Gasteiger partial charge in [0.25, 0.3) is 0 Å². The number of hydrogen-bond acceptors (Lipinski definition) is 2. The highest BCUT2D eigenvalue weighted by Gasteiger charge is 2.13. The smallest absolute Gasteiger partial charge is 0.187 e. The number of halogens is 3. The summed E-state index contributed by atoms with van der Waals surface area (Å²) in [6, 6.07) is 15.4. The van der Waals surface area contributed by atoms with Gasteiger partial charge in [-0.1, -0.05) is 59.6 Å². The van der Waals surface area contributed by atoms with E-state index in [2.05, 4.69) is 0 Å². The standard InChI is InChI=1S/C15H10Cl2N2S.ClH/c16-11-7-4-8-12(14(11)17)19-13(9-20-15(19)18)10-5-2-1-3-6-10;/h1-9,18H;1H/p-1. The summed E-state index contributed by atoms with van der Waals surface area (Å²) in [5.41, 5.74) is 2.70. The molecule has 6 heteroatoms. The summed E-state index contributed by atoms with van der Waals surface area (Å²) in [4.78, 5) is 0.410. The van der Waals surface area contributed by atoms with E-state index < -0.39 is 0 Å². The molecular weight excluding hydrogens is 347 g/mol. The predicted octanol–water partition coefficient (Wildman–Crippen LogP) is 2.00. The second-order valence-electron chi connectivity index (χ2n) is 4.20. The molecule has 2 nitrogen and oxygen atoms in total. The minimum absolute atomic E-state index is 0. The first-order chi connectivity index (χ1) is 9.68. The Morgan fingerprint density at radius 2 is 1.67 bits per heavy atom. The predicted molar refractivity (Wildman–Crippen MR) is 85.0 cm³/mol. The highest BCUT2D eigenvalue weighted by molar-refractivity contribution is 7.07. The van der Waals surface area contributed by atoms with E-state index in [1.165, 1.54) is 11.3 Å². The van der Waals surface area contributed by atoms with Crippen LogP contribution in [0, 0.1) is 5.41 Å². The Bertz CT molecular complexity index is 809. The summed E-state index contributed by atoms with van der Waals surface area (Å²) in [5, 5.41) is 11.0. The first kappa shape index (κ1) is 16.1. The van der Waals surface area contributed by atoms with Crippen molar-refractivity contribution in [2.24, 2.45) is 0 Å². The largest absolute Gasteiger partial charge is 1.00 e. The van der Waals surface area contributed by atoms with Gasteiger partial charge in [-0.2, -0.15) is 0 Å². The van der Waals surface area contributed by atoms with Crippen molar-refractivity contribution in [1.82, 2.24) is 4.57 Å². The SMILES string of the molecule is N=c1scc(-c2ccccc2)n1-c1cccc(Cl)c1Cl.[Cl-]. The molecule has 0 bridgehead atoms. The topological polar surface area (TPSA) is 28.8 Å². The number of benzene rings is 2. The molecule has 0 atom stereocenters. The van der Waals surface area contributed by atoms with Crippen molar-refractivity contribution in [3.63, 3.8) is 0 Å². The lowest BCUT2D eigenvalue weighted by Crippen LogP contribution is -3.00. The van der Waals surface area contributed by atoms with Crippen molar-refractivity contribution in [3.8, 4) is 16.9 Å². The zero-order valence-corrected chi connectivity index (χ0v) is 13.8. The number of hydrogen-bond donors (Lipinski definition) is 1. The molecule has 0 radical (unpaired) electrons. The van der Waals surface area contributed by atoms with Gasteiger partial charge in [-0.05, 0) is 17.7 Å². The van der Waals surface area contributed by atoms with Gasteiger partial charge in [0.15, 0.2) is 4.80 Å². The molecule has 1 N–H and O–H groups in total. The van der Waals surface area contributed by atoms with Gasteiger partial charge in [0.1, 0.15) is 0 Å². The minimum Gasteiger partial charge on any atom is -1.00 e. The molecule has 0 aliphatic heterocycles. The third kappa shape index (κ3) is 3.01. The zero-order chi connectivity index (χ0) is 14.1. The molecule has 0 spiro atoms. The molecule has 0 saturated carbocycles. The van der Waals surface area contributed by atoms with Gasteiger partial charge in [0, 0.05) is 5.38 Å². The van der Waals surface area contributed by atoms with E-state index in [4.69, 9.17) is 28.6 Å². The highest BCUT2D eigenvalue weighted by atomic mass is 35.5. The van der Waals surface area contributed by atoms with Crippen LogP contribution in [0.3, 0.4) is 0 Å². The summed E-state index contributed by atoms with van der Waals surface area (Å²) >= 11 is 13.7. The van der Waals surface area contributed by atoms with Crippen molar-refractivity contribution < 1.29 is 12.4 Å². The Morgan fingerprint density at radius 1 is 0.952 bits per heavy atom. The van der Waals surface area contributed by atoms with Crippen LogP contribution < -0.4 is 17.2 Å². The monoisotopic (exact) mass is 355 g/mol. The lowest BCUT2D eigenvalue weighted by atomic mass is 10.1. The van der Waals surface area contributed by atoms with Crippen molar-refractivity contribution in [3.05, 3.63) is 68.8 Å². The lowest BCUT2D eigenvalue weighted by Gasteiger charge is -2.11. The number of nitrogens with one attached hydrogen (secondary N) is 1. The van der Waals surface area contributed by atoms with E-state index in [9.17, 15) is 0 Å². The third-order valence-corrected chi connectivity index (χ3v) is 4.52. The van der Waals surface area contributed by atoms with E-state index >= 15 is 0 Å². The average Bonchev–Trinajstić information content (AvgIpc) is 2.85. The molecule has 0 aliphatic rings. The van der Waals surface area contributed by atoms with E-state index in [-0.39, 0.29) is 12.4 Å². The molecule has 0 unspecified atom stereocenters. The maximum absolute atomic E-state index is 8.13. The van der Waals surface area contributed by atoms with Gasteiger partial charge in [0.05, 0.1) is 21.4 Å². The fourth-order valence-corrected chi connectivity index (χ4v) is 3.18. The van der Waals surface area contributed by atoms with Crippen LogP contribution in [0.15, 0.2) is 53.9 Å². The summed E-state index contributed by atoms with van der Waals surface area (Å²) in [6.45, 7) is 0. The number of aromatic nitrogens is 1. The molecule has 108 valence electrons. The number of rotatable bonds is 2. The summed E-state index contributed by atoms with van der Waals surface area (Å²) in [6.07, 6.45) is 0. The molecule has 0 fully saturated rings. The molecule has 2 aromatic carbocycles. The number of nitrogens with zero attached hydrogens (tertiary/aromatic N) is 1. The molecule has 0 saturated heterocycles. The zero-order valence-electron chi connectivity index (χ0n) is 10.7. The molecular formula is C15H10Cl3N2S-. The highest BCUT2D eigenvalue weighted by Crippen LogP contribution is 2.31. The third-order valence-electron chi connectivity index (χ3n) is 2.97. The van der Waals surface area contributed by atoms with Crippen LogP contribution in [0.5, 0.6) is 0 Å². The summed E-state index contributed by atoms with van der Waals surface area (Å²) in [5.74, 6) is 0. The molecule has 21 heavy (non-hydrogen) atoms. The fraction of sp³-hybridized carbons (Fsp3) is 0. The second-order valence-corrected chi connectivity index (χ2v) is 5.84. The van der Waals surface area contributed by atoms with Crippen LogP contribution in [0.4, 0.5) is 0 Å². The van der Waals surface area contributed by atoms with Gasteiger partial charge >= 0.3 is 0 Å². The van der Waals surface area contributed by atoms with Crippen LogP contribution >= 0.6 is 34.5 Å². The Balaban J connectivity index is 0.00000161. The molecule has 1 aromatic heterocycles. The van der Waals surface area contributed by atoms with Gasteiger partial charge in [-0.15, -0.1) is 11.3 Å².